The van der Waals surface area contributed by atoms with Crippen molar-refractivity contribution < 1.29 is 43.1 Å². The van der Waals surface area contributed by atoms with Crippen molar-refractivity contribution in [2.24, 2.45) is 11.8 Å². The maximum Gasteiger partial charge on any atom is 0.243 e. The molecule has 1 saturated heterocycles. The fraction of sp³-hybridized carbons (Fsp3) is 0.562. The molecule has 15 heteroatoms. The highest BCUT2D eigenvalue weighted by Gasteiger charge is 2.39. The lowest BCUT2D eigenvalue weighted by molar-refractivity contribution is -0.140. The number of hydrogen-bond donors (Lipinski definition) is 5. The van der Waals surface area contributed by atoms with Crippen molar-refractivity contribution in [3.63, 3.8) is 0 Å². The van der Waals surface area contributed by atoms with Crippen molar-refractivity contribution in [1.82, 2.24) is 31.5 Å². The number of benzene rings is 1. The van der Waals surface area contributed by atoms with Gasteiger partial charge in [0, 0.05) is 31.7 Å². The number of carbonyl (C=O) groups is 8. The molecule has 1 aromatic rings. The first-order chi connectivity index (χ1) is 22.4. The largest absolute Gasteiger partial charge is 0.354 e. The lowest BCUT2D eigenvalue weighted by atomic mass is 9.94. The second-order valence-electron chi connectivity index (χ2n) is 11.6. The average Bonchev–Trinajstić information content (AvgIpc) is 3.32. The van der Waals surface area contributed by atoms with Crippen LogP contribution in [0.4, 0.5) is 0 Å². The van der Waals surface area contributed by atoms with Crippen LogP contribution in [0.3, 0.4) is 0 Å². The molecule has 1 aliphatic heterocycles. The summed E-state index contributed by atoms with van der Waals surface area (Å²) >= 11 is 0. The molecule has 2 rings (SSSR count). The Morgan fingerprint density at radius 3 is 2.13 bits per heavy atom. The summed E-state index contributed by atoms with van der Waals surface area (Å²) in [6.45, 7) is 3.95. The van der Waals surface area contributed by atoms with Crippen molar-refractivity contribution >= 4 is 47.1 Å². The number of hydrogen-bond acceptors (Lipinski definition) is 9. The van der Waals surface area contributed by atoms with Gasteiger partial charge in [-0.15, -0.1) is 0 Å². The van der Waals surface area contributed by atoms with Gasteiger partial charge in [-0.1, -0.05) is 50.6 Å². The van der Waals surface area contributed by atoms with Crippen LogP contribution in [0.2, 0.25) is 0 Å². The molecule has 15 nitrogen and oxygen atoms in total. The average molecular weight is 659 g/mol. The molecule has 2 atom stereocenters. The highest BCUT2D eigenvalue weighted by Crippen LogP contribution is 2.26. The summed E-state index contributed by atoms with van der Waals surface area (Å²) in [5.41, 5.74) is 0.750. The number of ketones is 1. The highest BCUT2D eigenvalue weighted by molar-refractivity contribution is 6.03. The molecule has 1 fully saturated rings. The van der Waals surface area contributed by atoms with E-state index in [1.54, 1.807) is 30.3 Å². The number of amides is 7. The zero-order valence-corrected chi connectivity index (χ0v) is 27.2. The van der Waals surface area contributed by atoms with E-state index in [1.807, 2.05) is 13.8 Å². The summed E-state index contributed by atoms with van der Waals surface area (Å²) in [5.74, 6) is -3.45. The maximum atomic E-state index is 12.8. The van der Waals surface area contributed by atoms with Crippen molar-refractivity contribution in [3.05, 3.63) is 35.9 Å². The Labute approximate surface area is 274 Å². The van der Waals surface area contributed by atoms with Crippen LogP contribution in [0.25, 0.3) is 0 Å². The van der Waals surface area contributed by atoms with Crippen molar-refractivity contribution in [3.8, 4) is 0 Å². The molecule has 1 aliphatic rings. The van der Waals surface area contributed by atoms with Gasteiger partial charge in [0.25, 0.3) is 0 Å². The van der Waals surface area contributed by atoms with Crippen LogP contribution < -0.4 is 26.6 Å². The van der Waals surface area contributed by atoms with Gasteiger partial charge in [0.15, 0.2) is 5.78 Å². The molecule has 5 N–H and O–H groups in total. The lowest BCUT2D eigenvalue weighted by Gasteiger charge is -2.19. The van der Waals surface area contributed by atoms with E-state index < -0.39 is 42.8 Å². The van der Waals surface area contributed by atoms with Gasteiger partial charge in [0.2, 0.25) is 41.4 Å². The van der Waals surface area contributed by atoms with Gasteiger partial charge in [0.05, 0.1) is 19.6 Å². The molecule has 1 heterocycles. The van der Waals surface area contributed by atoms with E-state index in [-0.39, 0.29) is 74.5 Å². The Hall–Kier alpha value is -4.66. The van der Waals surface area contributed by atoms with Crippen LogP contribution >= 0.6 is 0 Å². The molecule has 0 spiro atoms. The van der Waals surface area contributed by atoms with Gasteiger partial charge in [-0.05, 0) is 31.2 Å². The van der Waals surface area contributed by atoms with E-state index in [9.17, 15) is 38.4 Å². The molecular formula is C32H46N6O9. The van der Waals surface area contributed by atoms with E-state index in [4.69, 9.17) is 4.74 Å². The van der Waals surface area contributed by atoms with E-state index in [0.29, 0.717) is 25.8 Å². The minimum absolute atomic E-state index is 0.105. The Bertz CT molecular complexity index is 1270. The number of rotatable bonds is 21. The van der Waals surface area contributed by atoms with Gasteiger partial charge in [0.1, 0.15) is 19.4 Å². The van der Waals surface area contributed by atoms with E-state index in [1.165, 1.54) is 11.8 Å². The molecule has 258 valence electrons. The van der Waals surface area contributed by atoms with Crippen molar-refractivity contribution in [2.45, 2.75) is 65.3 Å². The Morgan fingerprint density at radius 1 is 0.830 bits per heavy atom. The van der Waals surface area contributed by atoms with E-state index in [0.717, 1.165) is 5.56 Å². The summed E-state index contributed by atoms with van der Waals surface area (Å²) < 4.78 is 4.96. The predicted octanol–water partition coefficient (Wildman–Crippen LogP) is -0.667. The molecule has 0 saturated carbocycles. The van der Waals surface area contributed by atoms with Crippen LogP contribution in [0.1, 0.15) is 58.4 Å². The quantitative estimate of drug-likeness (QED) is 0.0644. The van der Waals surface area contributed by atoms with Crippen LogP contribution in [0, 0.1) is 11.8 Å². The predicted molar refractivity (Wildman–Crippen MR) is 169 cm³/mol. The van der Waals surface area contributed by atoms with Crippen LogP contribution in [-0.4, -0.2) is 97.6 Å². The lowest BCUT2D eigenvalue weighted by Crippen LogP contribution is -2.52. The summed E-state index contributed by atoms with van der Waals surface area (Å²) in [6.07, 6.45) is 2.24. The molecule has 47 heavy (non-hydrogen) atoms. The van der Waals surface area contributed by atoms with Gasteiger partial charge >= 0.3 is 0 Å². The van der Waals surface area contributed by atoms with Gasteiger partial charge in [-0.3, -0.25) is 43.3 Å². The number of nitrogens with zero attached hydrogens (tertiary/aromatic N) is 1. The second kappa shape index (κ2) is 20.5. The summed E-state index contributed by atoms with van der Waals surface area (Å²) in [6, 6.07) is 7.83. The summed E-state index contributed by atoms with van der Waals surface area (Å²) in [7, 11) is 0. The molecule has 7 amide bonds. The third-order valence-corrected chi connectivity index (χ3v) is 7.30. The summed E-state index contributed by atoms with van der Waals surface area (Å²) in [5, 5.41) is 12.3. The van der Waals surface area contributed by atoms with Crippen LogP contribution in [0.15, 0.2) is 30.3 Å². The number of ether oxygens (including phenoxy) is 1. The number of Topliss-reactive ketones (excluding diaryl/α,β-unsaturated/α-hetero) is 1. The maximum absolute atomic E-state index is 12.8. The Morgan fingerprint density at radius 2 is 1.47 bits per heavy atom. The fourth-order valence-electron chi connectivity index (χ4n) is 4.69. The van der Waals surface area contributed by atoms with Crippen molar-refractivity contribution in [2.75, 3.05) is 39.5 Å². The molecule has 0 aromatic heterocycles. The number of imide groups is 1. The van der Waals surface area contributed by atoms with Crippen molar-refractivity contribution in [1.29, 1.82) is 0 Å². The van der Waals surface area contributed by atoms with Gasteiger partial charge in [-0.2, -0.15) is 0 Å². The Kier molecular flexibility index (Phi) is 16.8. The molecule has 0 aliphatic carbocycles. The minimum atomic E-state index is -1.05. The first kappa shape index (κ1) is 38.5. The second-order valence-corrected chi connectivity index (χ2v) is 11.6. The topological polar surface area (TPSA) is 209 Å². The first-order valence-electron chi connectivity index (χ1n) is 15.7. The third-order valence-electron chi connectivity index (χ3n) is 7.30. The number of nitrogens with one attached hydrogen (secondary N) is 5. The van der Waals surface area contributed by atoms with Crippen LogP contribution in [0.5, 0.6) is 0 Å². The molecule has 0 bridgehead atoms. The van der Waals surface area contributed by atoms with E-state index in [2.05, 4.69) is 26.6 Å². The number of carbonyl (C=O) groups excluding carboxylic acids is 8. The normalized spacial score (nSPS) is 14.8. The standard InChI is InChI=1S/C32H46N6O9/c1-21(2)24-15-30(44)38(32(24)46)13-9-5-8-12-26(40)33-16-27(41)34-18-29(43)37-25(14-23-10-6-4-7-11-23)31(45)35-17-28(42)36-20-47-19-22(3)39/h4,6-7,10-11,21,24-25H,5,8-9,12-20H2,1-3H3,(H,33,40)(H,34,41)(H,35,45)(H,36,42)(H,37,43)/t24?,25-/m0/s1. The van der Waals surface area contributed by atoms with Gasteiger partial charge < -0.3 is 31.3 Å². The first-order valence-corrected chi connectivity index (χ1v) is 15.7. The fourth-order valence-corrected chi connectivity index (χ4v) is 4.69. The third kappa shape index (κ3) is 15.0. The number of likely N-dealkylation sites (tertiary alicyclic amines) is 1. The smallest absolute Gasteiger partial charge is 0.243 e. The SMILES string of the molecule is CC(=O)COCNC(=O)CNC(=O)[C@H](Cc1ccccc1)NC(=O)CNC(=O)CNC(=O)CCCCCN1C(=O)CC(C(C)C)C1=O. The molecule has 0 radical (unpaired) electrons. The van der Waals surface area contributed by atoms with E-state index >= 15 is 0 Å². The molecule has 1 unspecified atom stereocenters. The molecule has 1 aromatic carbocycles. The Balaban J connectivity index is 1.69. The number of unbranched alkanes of at least 4 members (excludes halogenated alkanes) is 2. The zero-order chi connectivity index (χ0) is 34.8. The van der Waals surface area contributed by atoms with Gasteiger partial charge in [-0.25, -0.2) is 0 Å². The highest BCUT2D eigenvalue weighted by atomic mass is 16.5. The van der Waals surface area contributed by atoms with Crippen LogP contribution in [-0.2, 0) is 49.5 Å². The molecular weight excluding hydrogens is 612 g/mol. The monoisotopic (exact) mass is 658 g/mol. The summed E-state index contributed by atoms with van der Waals surface area (Å²) in [4.78, 5) is 98.4. The minimum Gasteiger partial charge on any atom is -0.354 e. The zero-order valence-electron chi connectivity index (χ0n) is 27.2.